The molecule has 0 radical (unpaired) electrons. The summed E-state index contributed by atoms with van der Waals surface area (Å²) < 4.78 is 33.7. The molecular weight excluding hydrogens is 272 g/mol. The summed E-state index contributed by atoms with van der Waals surface area (Å²) in [5.74, 6) is -1.70. The number of halogens is 2. The number of ether oxygens (including phenoxy) is 1. The van der Waals surface area contributed by atoms with Crippen molar-refractivity contribution in [2.45, 2.75) is 60.7 Å². The molecule has 0 aromatic rings. The van der Waals surface area contributed by atoms with Gasteiger partial charge in [-0.05, 0) is 45.8 Å². The van der Waals surface area contributed by atoms with Crippen LogP contribution < -0.4 is 0 Å². The van der Waals surface area contributed by atoms with Crippen LogP contribution in [0.3, 0.4) is 0 Å². The Morgan fingerprint density at radius 1 is 1.00 bits per heavy atom. The van der Waals surface area contributed by atoms with Crippen molar-refractivity contribution < 1.29 is 13.5 Å². The van der Waals surface area contributed by atoms with E-state index in [1.807, 2.05) is 32.6 Å². The third kappa shape index (κ3) is 5.62. The average Bonchev–Trinajstić information content (AvgIpc) is 2.38. The summed E-state index contributed by atoms with van der Waals surface area (Å²) in [7, 11) is 0. The first kappa shape index (κ1) is 19.8. The lowest BCUT2D eigenvalue weighted by atomic mass is 10.1. The second-order valence-electron chi connectivity index (χ2n) is 5.42. The Labute approximate surface area is 128 Å². The number of nitrogens with zero attached hydrogens (tertiary/aromatic N) is 1. The topological polar surface area (TPSA) is 12.5 Å². The van der Waals surface area contributed by atoms with Crippen molar-refractivity contribution in [2.75, 3.05) is 13.1 Å². The van der Waals surface area contributed by atoms with Crippen molar-refractivity contribution >= 4 is 0 Å². The van der Waals surface area contributed by atoms with Crippen molar-refractivity contribution in [1.29, 1.82) is 0 Å². The minimum absolute atomic E-state index is 0.00112. The van der Waals surface area contributed by atoms with Crippen LogP contribution in [-0.4, -0.2) is 30.2 Å². The zero-order valence-electron chi connectivity index (χ0n) is 14.4. The van der Waals surface area contributed by atoms with Crippen molar-refractivity contribution in [3.63, 3.8) is 0 Å². The molecule has 1 heterocycles. The lowest BCUT2D eigenvalue weighted by Gasteiger charge is -2.38. The molecule has 0 aromatic carbocycles. The molecule has 0 N–H and O–H groups in total. The maximum absolute atomic E-state index is 14.3. The fraction of sp³-hybridized carbons (Fsp3) is 0.647. The fourth-order valence-corrected chi connectivity index (χ4v) is 2.33. The maximum Gasteiger partial charge on any atom is 0.182 e. The van der Waals surface area contributed by atoms with Gasteiger partial charge < -0.3 is 9.64 Å². The highest BCUT2D eigenvalue weighted by Crippen LogP contribution is 2.29. The van der Waals surface area contributed by atoms with Crippen LogP contribution in [-0.2, 0) is 4.74 Å². The third-order valence-electron chi connectivity index (χ3n) is 2.98. The molecule has 0 bridgehead atoms. The van der Waals surface area contributed by atoms with E-state index in [-0.39, 0.29) is 17.8 Å². The summed E-state index contributed by atoms with van der Waals surface area (Å²) in [5.41, 5.74) is 1.17. The Morgan fingerprint density at radius 3 is 1.76 bits per heavy atom. The van der Waals surface area contributed by atoms with Gasteiger partial charge in [0.1, 0.15) is 0 Å². The molecule has 0 aliphatic carbocycles. The van der Waals surface area contributed by atoms with Crippen LogP contribution in [0.5, 0.6) is 0 Å². The van der Waals surface area contributed by atoms with Crippen LogP contribution in [0.1, 0.15) is 48.5 Å². The van der Waals surface area contributed by atoms with Crippen LogP contribution in [0.2, 0.25) is 0 Å². The number of morpholine rings is 1. The third-order valence-corrected chi connectivity index (χ3v) is 2.98. The first-order chi connectivity index (χ1) is 9.73. The predicted octanol–water partition coefficient (Wildman–Crippen LogP) is 5.14. The van der Waals surface area contributed by atoms with Gasteiger partial charge in [0.05, 0.1) is 17.9 Å². The molecule has 1 saturated heterocycles. The first-order valence-electron chi connectivity index (χ1n) is 7.53. The van der Waals surface area contributed by atoms with Gasteiger partial charge in [-0.15, -0.1) is 0 Å². The minimum Gasteiger partial charge on any atom is -0.372 e. The van der Waals surface area contributed by atoms with Crippen molar-refractivity contribution in [3.05, 3.63) is 35.1 Å². The molecule has 2 unspecified atom stereocenters. The van der Waals surface area contributed by atoms with Gasteiger partial charge in [-0.2, -0.15) is 0 Å². The lowest BCUT2D eigenvalue weighted by Crippen LogP contribution is -2.45. The minimum atomic E-state index is -0.872. The van der Waals surface area contributed by atoms with Crippen LogP contribution >= 0.6 is 0 Å². The predicted molar refractivity (Wildman–Crippen MR) is 85.4 cm³/mol. The molecule has 2 nitrogen and oxygen atoms in total. The zero-order chi connectivity index (χ0) is 16.7. The molecule has 0 saturated carbocycles. The number of rotatable bonds is 3. The molecule has 0 amide bonds. The standard InChI is InChI=1S/C15H23F2NO.C2H6/c1-9(2)13(16)14(17)15(10(3)4)18-7-11(5)19-12(6)8-18;1-2/h11-12H,1,7-8H2,2-6H3;1-2H3/b14-13-;. The highest BCUT2D eigenvalue weighted by molar-refractivity contribution is 5.37. The van der Waals surface area contributed by atoms with Crippen molar-refractivity contribution in [2.24, 2.45) is 0 Å². The number of hydrogen-bond donors (Lipinski definition) is 0. The SMILES string of the molecule is C=C(C)/C(F)=C(/F)C(=C(C)C)N1CC(C)OC(C)C1.CC. The molecule has 4 heteroatoms. The molecule has 1 fully saturated rings. The van der Waals surface area contributed by atoms with E-state index in [9.17, 15) is 8.78 Å². The summed E-state index contributed by atoms with van der Waals surface area (Å²) in [6.07, 6.45) is -0.00224. The fourth-order valence-electron chi connectivity index (χ4n) is 2.33. The van der Waals surface area contributed by atoms with Gasteiger partial charge in [0, 0.05) is 13.1 Å². The molecule has 1 aliphatic heterocycles. The highest BCUT2D eigenvalue weighted by atomic mass is 19.2. The second kappa shape index (κ2) is 8.98. The van der Waals surface area contributed by atoms with Crippen LogP contribution in [0.4, 0.5) is 8.78 Å². The summed E-state index contributed by atoms with van der Waals surface area (Å²) in [5, 5.41) is 0. The molecule has 1 rings (SSSR count). The molecule has 1 aliphatic rings. The van der Waals surface area contributed by atoms with E-state index in [1.165, 1.54) is 6.92 Å². The molecule has 122 valence electrons. The quantitative estimate of drug-likeness (QED) is 0.669. The van der Waals surface area contributed by atoms with Gasteiger partial charge in [0.15, 0.2) is 11.7 Å². The van der Waals surface area contributed by atoms with Crippen molar-refractivity contribution in [1.82, 2.24) is 4.90 Å². The normalized spacial score (nSPS) is 22.8. The van der Waals surface area contributed by atoms with E-state index in [2.05, 4.69) is 6.58 Å². The van der Waals surface area contributed by atoms with E-state index in [4.69, 9.17) is 4.74 Å². The summed E-state index contributed by atoms with van der Waals surface area (Å²) >= 11 is 0. The van der Waals surface area contributed by atoms with E-state index >= 15 is 0 Å². The summed E-state index contributed by atoms with van der Waals surface area (Å²) in [6, 6.07) is 0. The Kier molecular flexibility index (Phi) is 8.48. The summed E-state index contributed by atoms with van der Waals surface area (Å²) in [4.78, 5) is 1.85. The van der Waals surface area contributed by atoms with E-state index < -0.39 is 11.7 Å². The molecule has 0 spiro atoms. The van der Waals surface area contributed by atoms with Gasteiger partial charge in [-0.1, -0.05) is 20.4 Å². The van der Waals surface area contributed by atoms with E-state index in [0.717, 1.165) is 5.57 Å². The Morgan fingerprint density at radius 2 is 1.43 bits per heavy atom. The Bertz CT molecular complexity index is 413. The number of hydrogen-bond acceptors (Lipinski definition) is 2. The Hall–Kier alpha value is -1.16. The largest absolute Gasteiger partial charge is 0.372 e. The lowest BCUT2D eigenvalue weighted by molar-refractivity contribution is -0.0580. The summed E-state index contributed by atoms with van der Waals surface area (Å²) in [6.45, 7) is 17.5. The van der Waals surface area contributed by atoms with Crippen molar-refractivity contribution in [3.8, 4) is 0 Å². The second-order valence-corrected chi connectivity index (χ2v) is 5.42. The van der Waals surface area contributed by atoms with Crippen LogP contribution in [0, 0.1) is 0 Å². The molecule has 21 heavy (non-hydrogen) atoms. The molecule has 2 atom stereocenters. The highest BCUT2D eigenvalue weighted by Gasteiger charge is 2.27. The molecule has 0 aromatic heterocycles. The Balaban J connectivity index is 0.00000191. The van der Waals surface area contributed by atoms with Crippen LogP contribution in [0.25, 0.3) is 0 Å². The molecular formula is C17H29F2NO. The van der Waals surface area contributed by atoms with Gasteiger partial charge in [-0.25, -0.2) is 8.78 Å². The zero-order valence-corrected chi connectivity index (χ0v) is 14.4. The van der Waals surface area contributed by atoms with E-state index in [1.54, 1.807) is 13.8 Å². The van der Waals surface area contributed by atoms with Crippen LogP contribution in [0.15, 0.2) is 35.1 Å². The van der Waals surface area contributed by atoms with Gasteiger partial charge in [-0.3, -0.25) is 0 Å². The first-order valence-corrected chi connectivity index (χ1v) is 7.53. The number of allylic oxidation sites excluding steroid dienone is 4. The van der Waals surface area contributed by atoms with Gasteiger partial charge >= 0.3 is 0 Å². The van der Waals surface area contributed by atoms with E-state index in [0.29, 0.717) is 18.8 Å². The monoisotopic (exact) mass is 301 g/mol. The van der Waals surface area contributed by atoms with Gasteiger partial charge in [0.25, 0.3) is 0 Å². The average molecular weight is 301 g/mol. The maximum atomic E-state index is 14.3. The van der Waals surface area contributed by atoms with Gasteiger partial charge in [0.2, 0.25) is 0 Å². The smallest absolute Gasteiger partial charge is 0.182 e.